The lowest BCUT2D eigenvalue weighted by Crippen LogP contribution is -2.38. The van der Waals surface area contributed by atoms with Crippen molar-refractivity contribution in [3.63, 3.8) is 0 Å². The van der Waals surface area contributed by atoms with E-state index < -0.39 is 0 Å². The summed E-state index contributed by atoms with van der Waals surface area (Å²) < 4.78 is 13.7. The summed E-state index contributed by atoms with van der Waals surface area (Å²) in [5.41, 5.74) is 1.26. The quantitative estimate of drug-likeness (QED) is 0.910. The van der Waals surface area contributed by atoms with Gasteiger partial charge >= 0.3 is 0 Å². The maximum absolute atomic E-state index is 5.89. The van der Waals surface area contributed by atoms with Gasteiger partial charge in [0.1, 0.15) is 12.7 Å². The molecule has 0 aliphatic carbocycles. The van der Waals surface area contributed by atoms with Gasteiger partial charge in [-0.1, -0.05) is 12.1 Å². The van der Waals surface area contributed by atoms with Gasteiger partial charge in [0.05, 0.1) is 0 Å². The number of ether oxygens (including phenoxy) is 2. The Labute approximate surface area is 113 Å². The van der Waals surface area contributed by atoms with Crippen molar-refractivity contribution >= 4 is 0 Å². The fourth-order valence-corrected chi connectivity index (χ4v) is 2.21. The molecule has 1 aliphatic rings. The lowest BCUT2D eigenvalue weighted by atomic mass is 10.2. The molecular formula is C15H18N2O2. The van der Waals surface area contributed by atoms with Crippen LogP contribution < -0.4 is 14.8 Å². The second-order valence-electron chi connectivity index (χ2n) is 4.74. The van der Waals surface area contributed by atoms with Gasteiger partial charge in [0.2, 0.25) is 0 Å². The minimum atomic E-state index is 0.0650. The van der Waals surface area contributed by atoms with Crippen LogP contribution in [0.5, 0.6) is 11.5 Å². The van der Waals surface area contributed by atoms with E-state index in [-0.39, 0.29) is 6.10 Å². The molecule has 19 heavy (non-hydrogen) atoms. The number of rotatable bonds is 4. The molecule has 0 bridgehead atoms. The van der Waals surface area contributed by atoms with Gasteiger partial charge in [-0.05, 0) is 24.3 Å². The Morgan fingerprint density at radius 2 is 2.05 bits per heavy atom. The minimum absolute atomic E-state index is 0.0650. The number of hydrogen-bond donors (Lipinski definition) is 1. The first-order valence-corrected chi connectivity index (χ1v) is 6.52. The second-order valence-corrected chi connectivity index (χ2v) is 4.74. The number of hydrogen-bond acceptors (Lipinski definition) is 3. The van der Waals surface area contributed by atoms with Gasteiger partial charge in [-0.25, -0.2) is 0 Å². The molecule has 1 unspecified atom stereocenters. The zero-order valence-electron chi connectivity index (χ0n) is 11.0. The van der Waals surface area contributed by atoms with Gasteiger partial charge < -0.3 is 19.4 Å². The summed E-state index contributed by atoms with van der Waals surface area (Å²) in [6.45, 7) is 2.21. The molecule has 1 N–H and O–H groups in total. The Morgan fingerprint density at radius 3 is 2.84 bits per heavy atom. The summed E-state index contributed by atoms with van der Waals surface area (Å²) in [5, 5.41) is 3.40. The Morgan fingerprint density at radius 1 is 1.21 bits per heavy atom. The number of nitrogens with one attached hydrogen (secondary N) is 1. The van der Waals surface area contributed by atoms with Crippen LogP contribution in [0.15, 0.2) is 42.6 Å². The number of para-hydroxylation sites is 2. The van der Waals surface area contributed by atoms with Crippen LogP contribution in [-0.4, -0.2) is 23.8 Å². The van der Waals surface area contributed by atoms with Crippen molar-refractivity contribution in [2.45, 2.75) is 12.6 Å². The standard InChI is InChI=1S/C15H18N2O2/c1-17-8-4-5-12(17)9-16-10-13-11-18-14-6-2-3-7-15(14)19-13/h2-8,13,16H,9-11H2,1H3. The molecule has 0 spiro atoms. The number of aryl methyl sites for hydroxylation is 1. The van der Waals surface area contributed by atoms with Gasteiger partial charge in [-0.15, -0.1) is 0 Å². The predicted octanol–water partition coefficient (Wildman–Crippen LogP) is 1.95. The van der Waals surface area contributed by atoms with E-state index in [1.165, 1.54) is 5.69 Å². The third-order valence-corrected chi connectivity index (χ3v) is 3.30. The topological polar surface area (TPSA) is 35.4 Å². The normalized spacial score (nSPS) is 17.4. The number of nitrogens with zero attached hydrogens (tertiary/aromatic N) is 1. The maximum Gasteiger partial charge on any atom is 0.161 e. The average Bonchev–Trinajstić information content (AvgIpc) is 2.84. The second kappa shape index (κ2) is 5.36. The van der Waals surface area contributed by atoms with Crippen molar-refractivity contribution in [1.82, 2.24) is 9.88 Å². The Kier molecular flexibility index (Phi) is 3.42. The molecule has 0 saturated heterocycles. The minimum Gasteiger partial charge on any atom is -0.486 e. The smallest absolute Gasteiger partial charge is 0.161 e. The van der Waals surface area contributed by atoms with Gasteiger partial charge in [0, 0.05) is 32.0 Å². The van der Waals surface area contributed by atoms with Crippen LogP contribution in [0, 0.1) is 0 Å². The Balaban J connectivity index is 1.51. The molecule has 0 saturated carbocycles. The van der Waals surface area contributed by atoms with Crippen molar-refractivity contribution in [2.75, 3.05) is 13.2 Å². The van der Waals surface area contributed by atoms with Crippen LogP contribution in [0.2, 0.25) is 0 Å². The maximum atomic E-state index is 5.89. The number of fused-ring (bicyclic) bond motifs is 1. The van der Waals surface area contributed by atoms with Crippen LogP contribution in [0.4, 0.5) is 0 Å². The summed E-state index contributed by atoms with van der Waals surface area (Å²) in [4.78, 5) is 0. The van der Waals surface area contributed by atoms with Gasteiger partial charge in [-0.3, -0.25) is 0 Å². The summed E-state index contributed by atoms with van der Waals surface area (Å²) >= 11 is 0. The zero-order valence-corrected chi connectivity index (χ0v) is 11.0. The number of benzene rings is 1. The highest BCUT2D eigenvalue weighted by Crippen LogP contribution is 2.30. The summed E-state index contributed by atoms with van der Waals surface area (Å²) in [6, 6.07) is 12.0. The molecule has 4 nitrogen and oxygen atoms in total. The van der Waals surface area contributed by atoms with Gasteiger partial charge in [0.25, 0.3) is 0 Å². The van der Waals surface area contributed by atoms with Crippen LogP contribution in [0.25, 0.3) is 0 Å². The first-order chi connectivity index (χ1) is 9.33. The molecule has 0 amide bonds. The highest BCUT2D eigenvalue weighted by Gasteiger charge is 2.19. The molecule has 100 valence electrons. The van der Waals surface area contributed by atoms with Crippen LogP contribution in [-0.2, 0) is 13.6 Å². The molecule has 1 atom stereocenters. The van der Waals surface area contributed by atoms with Crippen LogP contribution >= 0.6 is 0 Å². The lowest BCUT2D eigenvalue weighted by molar-refractivity contribution is 0.0901. The molecule has 1 aliphatic heterocycles. The first kappa shape index (κ1) is 12.1. The molecule has 2 aromatic rings. The zero-order chi connectivity index (χ0) is 13.1. The first-order valence-electron chi connectivity index (χ1n) is 6.52. The number of aromatic nitrogens is 1. The largest absolute Gasteiger partial charge is 0.486 e. The average molecular weight is 258 g/mol. The van der Waals surface area contributed by atoms with Gasteiger partial charge in [-0.2, -0.15) is 0 Å². The van der Waals surface area contributed by atoms with E-state index in [4.69, 9.17) is 9.47 Å². The van der Waals surface area contributed by atoms with Crippen molar-refractivity contribution < 1.29 is 9.47 Å². The molecule has 0 radical (unpaired) electrons. The Bertz CT molecular complexity index is 551. The van der Waals surface area contributed by atoms with E-state index in [2.05, 4.69) is 16.0 Å². The van der Waals surface area contributed by atoms with Gasteiger partial charge in [0.15, 0.2) is 11.5 Å². The molecule has 0 fully saturated rings. The molecule has 4 heteroatoms. The monoisotopic (exact) mass is 258 g/mol. The van der Waals surface area contributed by atoms with Crippen molar-refractivity contribution in [3.8, 4) is 11.5 Å². The summed E-state index contributed by atoms with van der Waals surface area (Å²) in [5.74, 6) is 1.67. The SMILES string of the molecule is Cn1cccc1CNCC1COc2ccccc2O1. The van der Waals surface area contributed by atoms with Crippen LogP contribution in [0.1, 0.15) is 5.69 Å². The molecule has 3 rings (SSSR count). The highest BCUT2D eigenvalue weighted by molar-refractivity contribution is 5.40. The fourth-order valence-electron chi connectivity index (χ4n) is 2.21. The molecular weight excluding hydrogens is 240 g/mol. The van der Waals surface area contributed by atoms with E-state index in [1.807, 2.05) is 43.6 Å². The van der Waals surface area contributed by atoms with Crippen molar-refractivity contribution in [2.24, 2.45) is 7.05 Å². The lowest BCUT2D eigenvalue weighted by Gasteiger charge is -2.26. The predicted molar refractivity (Wildman–Crippen MR) is 73.5 cm³/mol. The van der Waals surface area contributed by atoms with E-state index in [1.54, 1.807) is 0 Å². The third kappa shape index (κ3) is 2.74. The Hall–Kier alpha value is -1.94. The van der Waals surface area contributed by atoms with E-state index in [9.17, 15) is 0 Å². The van der Waals surface area contributed by atoms with E-state index >= 15 is 0 Å². The van der Waals surface area contributed by atoms with E-state index in [0.717, 1.165) is 24.6 Å². The highest BCUT2D eigenvalue weighted by atomic mass is 16.6. The van der Waals surface area contributed by atoms with Crippen molar-refractivity contribution in [3.05, 3.63) is 48.3 Å². The molecule has 1 aromatic heterocycles. The van der Waals surface area contributed by atoms with Crippen LogP contribution in [0.3, 0.4) is 0 Å². The molecule has 1 aromatic carbocycles. The van der Waals surface area contributed by atoms with E-state index in [0.29, 0.717) is 6.61 Å². The summed E-state index contributed by atoms with van der Waals surface area (Å²) in [6.07, 6.45) is 2.11. The fraction of sp³-hybridized carbons (Fsp3) is 0.333. The third-order valence-electron chi connectivity index (χ3n) is 3.30. The molecule has 2 heterocycles. The summed E-state index contributed by atoms with van der Waals surface area (Å²) in [7, 11) is 2.05. The van der Waals surface area contributed by atoms with Crippen molar-refractivity contribution in [1.29, 1.82) is 0 Å².